The third kappa shape index (κ3) is 6.48. The fourth-order valence-electron chi connectivity index (χ4n) is 3.10. The monoisotopic (exact) mass is 515 g/mol. The Morgan fingerprint density at radius 2 is 1.53 bits per heavy atom. The number of aliphatic hydroxyl groups excluding tert-OH is 5. The predicted molar refractivity (Wildman–Crippen MR) is 92.0 cm³/mol. The standard InChI is InChI=1S/C12H21NO17S2/c14-1-2-7(4(15)3(11(20)27-2)13-31(21,22)23)28-12-9(30-32(24,25)26)6(17)5(16)8(29-12)10(18)19/h2-9,11-17,20H,1H2,(H,18,19)(H,21,22,23)(H,24,25,26)/t2-,3-,4-,5+,6+,7-,8-,9-,11-,12-/m1/s1. The first-order valence-electron chi connectivity index (χ1n) is 8.48. The van der Waals surface area contributed by atoms with Crippen LogP contribution in [0.2, 0.25) is 0 Å². The molecule has 0 aliphatic carbocycles. The molecule has 2 heterocycles. The van der Waals surface area contributed by atoms with Gasteiger partial charge in [0.1, 0.15) is 36.6 Å². The zero-order valence-corrected chi connectivity index (χ0v) is 17.2. The molecule has 0 unspecified atom stereocenters. The molecule has 10 atom stereocenters. The van der Waals surface area contributed by atoms with Crippen LogP contribution in [0.3, 0.4) is 0 Å². The van der Waals surface area contributed by atoms with Crippen LogP contribution in [0.4, 0.5) is 0 Å². The highest BCUT2D eigenvalue weighted by molar-refractivity contribution is 7.83. The van der Waals surface area contributed by atoms with Gasteiger partial charge in [0.2, 0.25) is 0 Å². The number of carboxylic acid groups (broad SMARTS) is 1. The van der Waals surface area contributed by atoms with Crippen LogP contribution in [0.1, 0.15) is 0 Å². The minimum atomic E-state index is -5.35. The van der Waals surface area contributed by atoms with Crippen molar-refractivity contribution in [2.75, 3.05) is 6.61 Å². The fraction of sp³-hybridized carbons (Fsp3) is 0.917. The minimum Gasteiger partial charge on any atom is -0.479 e. The quantitative estimate of drug-likeness (QED) is 0.136. The molecule has 0 spiro atoms. The highest BCUT2D eigenvalue weighted by Gasteiger charge is 2.54. The molecule has 0 saturated carbocycles. The summed E-state index contributed by atoms with van der Waals surface area (Å²) in [6.07, 6.45) is -19.4. The van der Waals surface area contributed by atoms with E-state index >= 15 is 0 Å². The second-order valence-corrected chi connectivity index (χ2v) is 8.92. The number of aliphatic carboxylic acids is 1. The number of hydrogen-bond donors (Lipinski definition) is 9. The highest BCUT2D eigenvalue weighted by Crippen LogP contribution is 2.30. The van der Waals surface area contributed by atoms with Crippen molar-refractivity contribution in [1.29, 1.82) is 0 Å². The lowest BCUT2D eigenvalue weighted by atomic mass is 9.96. The molecule has 9 N–H and O–H groups in total. The van der Waals surface area contributed by atoms with Gasteiger partial charge in [-0.25, -0.2) is 8.98 Å². The zero-order valence-electron chi connectivity index (χ0n) is 15.5. The Morgan fingerprint density at radius 3 is 2.00 bits per heavy atom. The van der Waals surface area contributed by atoms with Gasteiger partial charge < -0.3 is 44.8 Å². The molecule has 2 aliphatic heterocycles. The van der Waals surface area contributed by atoms with Gasteiger partial charge in [-0.2, -0.15) is 21.6 Å². The summed E-state index contributed by atoms with van der Waals surface area (Å²) in [6.45, 7) is -1.01. The third-order valence-corrected chi connectivity index (χ3v) is 5.51. The Hall–Kier alpha value is -1.11. The minimum absolute atomic E-state index is 1.01. The van der Waals surface area contributed by atoms with E-state index in [4.69, 9.17) is 28.4 Å². The first kappa shape index (κ1) is 27.1. The van der Waals surface area contributed by atoms with Crippen LogP contribution in [-0.2, 0) is 43.9 Å². The Labute approximate surface area is 179 Å². The maximum atomic E-state index is 11.3. The number of aliphatic hydroxyl groups is 5. The number of carboxylic acids is 1. The van der Waals surface area contributed by atoms with Crippen molar-refractivity contribution in [1.82, 2.24) is 4.72 Å². The Bertz CT molecular complexity index is 878. The predicted octanol–water partition coefficient (Wildman–Crippen LogP) is -6.08. The van der Waals surface area contributed by atoms with Crippen LogP contribution in [-0.4, -0.2) is 131 Å². The SMILES string of the molecule is O=C(O)[C@@H]1O[C@@H](O[C@H]2[C@H](O)[C@@H](NS(=O)(=O)O)[C@H](O)O[C@@H]2CO)[C@H](OS(=O)(=O)O)[C@@H](O)[C@@H]1O. The number of hydrogen-bond acceptors (Lipinski definition) is 14. The Morgan fingerprint density at radius 1 is 0.938 bits per heavy atom. The summed E-state index contributed by atoms with van der Waals surface area (Å²) in [5.41, 5.74) is 0. The molecular weight excluding hydrogens is 494 g/mol. The van der Waals surface area contributed by atoms with Crippen molar-refractivity contribution in [3.63, 3.8) is 0 Å². The van der Waals surface area contributed by atoms with Crippen molar-refractivity contribution in [2.45, 2.75) is 61.3 Å². The van der Waals surface area contributed by atoms with E-state index < -0.39 is 94.6 Å². The zero-order chi connectivity index (χ0) is 24.6. The largest absolute Gasteiger partial charge is 0.479 e. The molecule has 0 bridgehead atoms. The molecule has 2 fully saturated rings. The van der Waals surface area contributed by atoms with E-state index in [9.17, 15) is 47.2 Å². The van der Waals surface area contributed by atoms with Crippen LogP contribution in [0.5, 0.6) is 0 Å². The third-order valence-electron chi connectivity index (χ3n) is 4.47. The smallest absolute Gasteiger partial charge is 0.397 e. The van der Waals surface area contributed by atoms with Crippen LogP contribution in [0.25, 0.3) is 0 Å². The van der Waals surface area contributed by atoms with Gasteiger partial charge in [0.15, 0.2) is 24.8 Å². The molecule has 188 valence electrons. The molecule has 0 amide bonds. The second kappa shape index (κ2) is 10.0. The van der Waals surface area contributed by atoms with Gasteiger partial charge in [0, 0.05) is 0 Å². The summed E-state index contributed by atoms with van der Waals surface area (Å²) in [5, 5.41) is 58.7. The lowest BCUT2D eigenvalue weighted by Crippen LogP contribution is -2.67. The lowest BCUT2D eigenvalue weighted by Gasteiger charge is -2.46. The topological polar surface area (TPSA) is 296 Å². The molecule has 0 aromatic rings. The van der Waals surface area contributed by atoms with E-state index in [-0.39, 0.29) is 0 Å². The van der Waals surface area contributed by atoms with Crippen molar-refractivity contribution >= 4 is 26.7 Å². The van der Waals surface area contributed by atoms with Gasteiger partial charge in [-0.1, -0.05) is 0 Å². The van der Waals surface area contributed by atoms with Crippen molar-refractivity contribution < 1.29 is 79.8 Å². The Balaban J connectivity index is 2.38. The average Bonchev–Trinajstić information content (AvgIpc) is 2.64. The first-order chi connectivity index (χ1) is 14.6. The highest BCUT2D eigenvalue weighted by atomic mass is 32.3. The van der Waals surface area contributed by atoms with Crippen LogP contribution >= 0.6 is 0 Å². The molecule has 2 saturated heterocycles. The van der Waals surface area contributed by atoms with Crippen molar-refractivity contribution in [2.24, 2.45) is 0 Å². The molecule has 32 heavy (non-hydrogen) atoms. The van der Waals surface area contributed by atoms with E-state index in [1.165, 1.54) is 4.72 Å². The van der Waals surface area contributed by atoms with Gasteiger partial charge in [0.05, 0.1) is 6.61 Å². The van der Waals surface area contributed by atoms with Gasteiger partial charge in [-0.05, 0) is 0 Å². The Kier molecular flexibility index (Phi) is 8.50. The van der Waals surface area contributed by atoms with Crippen molar-refractivity contribution in [3.05, 3.63) is 0 Å². The molecule has 0 radical (unpaired) electrons. The maximum absolute atomic E-state index is 11.3. The summed E-state index contributed by atoms with van der Waals surface area (Å²) in [7, 11) is -10.4. The molecule has 18 nitrogen and oxygen atoms in total. The molecule has 0 aromatic carbocycles. The summed E-state index contributed by atoms with van der Waals surface area (Å²) >= 11 is 0. The normalized spacial score (nSPS) is 41.3. The molecule has 0 aromatic heterocycles. The number of ether oxygens (including phenoxy) is 3. The van der Waals surface area contributed by atoms with Gasteiger partial charge in [-0.15, -0.1) is 0 Å². The summed E-state index contributed by atoms with van der Waals surface area (Å²) < 4.78 is 82.6. The number of rotatable bonds is 8. The summed E-state index contributed by atoms with van der Waals surface area (Å²) in [6, 6.07) is -2.02. The van der Waals surface area contributed by atoms with E-state index in [0.717, 1.165) is 0 Å². The van der Waals surface area contributed by atoms with Crippen LogP contribution in [0, 0.1) is 0 Å². The molecule has 2 rings (SSSR count). The fourth-order valence-corrected chi connectivity index (χ4v) is 4.18. The van der Waals surface area contributed by atoms with E-state index in [2.05, 4.69) is 4.18 Å². The van der Waals surface area contributed by atoms with E-state index in [0.29, 0.717) is 0 Å². The number of nitrogens with one attached hydrogen (secondary N) is 1. The lowest BCUT2D eigenvalue weighted by molar-refractivity contribution is -0.336. The van der Waals surface area contributed by atoms with Gasteiger partial charge >= 0.3 is 26.7 Å². The summed E-state index contributed by atoms with van der Waals surface area (Å²) in [5.74, 6) is -1.85. The molecular formula is C12H21NO17S2. The second-order valence-electron chi connectivity index (χ2n) is 6.69. The molecule has 2 aliphatic rings. The van der Waals surface area contributed by atoms with E-state index in [1.54, 1.807) is 0 Å². The van der Waals surface area contributed by atoms with E-state index in [1.807, 2.05) is 0 Å². The van der Waals surface area contributed by atoms with Crippen LogP contribution in [0.15, 0.2) is 0 Å². The van der Waals surface area contributed by atoms with Crippen LogP contribution < -0.4 is 4.72 Å². The maximum Gasteiger partial charge on any atom is 0.397 e. The number of carbonyl (C=O) groups is 1. The van der Waals surface area contributed by atoms with Crippen molar-refractivity contribution in [3.8, 4) is 0 Å². The first-order valence-corrected chi connectivity index (χ1v) is 11.3. The summed E-state index contributed by atoms with van der Waals surface area (Å²) in [4.78, 5) is 11.3. The average molecular weight is 515 g/mol. The molecule has 20 heteroatoms. The van der Waals surface area contributed by atoms with Gasteiger partial charge in [0.25, 0.3) is 0 Å². The van der Waals surface area contributed by atoms with Gasteiger partial charge in [-0.3, -0.25) is 9.11 Å².